The van der Waals surface area contributed by atoms with Crippen LogP contribution >= 0.6 is 0 Å². The first-order valence-corrected chi connectivity index (χ1v) is 8.27. The first-order valence-electron chi connectivity index (χ1n) is 8.27. The van der Waals surface area contributed by atoms with E-state index in [0.717, 1.165) is 0 Å². The highest BCUT2D eigenvalue weighted by atomic mass is 16.5. The second kappa shape index (κ2) is 6.92. The summed E-state index contributed by atoms with van der Waals surface area (Å²) in [6.45, 7) is 3.87. The van der Waals surface area contributed by atoms with Crippen LogP contribution in [0, 0.1) is 22.2 Å². The molecule has 2 aromatic rings. The monoisotopic (exact) mass is 350 g/mol. The molecular formula is C19H18N4O3. The predicted octanol–water partition coefficient (Wildman–Crippen LogP) is 3.87. The van der Waals surface area contributed by atoms with Crippen LogP contribution in [0.4, 0.5) is 5.69 Å². The zero-order valence-electron chi connectivity index (χ0n) is 14.8. The molecule has 0 saturated heterocycles. The van der Waals surface area contributed by atoms with E-state index < -0.39 is 0 Å². The molecule has 0 spiro atoms. The summed E-state index contributed by atoms with van der Waals surface area (Å²) in [7, 11) is 1.42. The molecule has 1 atom stereocenters. The first-order chi connectivity index (χ1) is 12.5. The van der Waals surface area contributed by atoms with E-state index in [-0.39, 0.29) is 28.8 Å². The first kappa shape index (κ1) is 17.5. The van der Waals surface area contributed by atoms with Gasteiger partial charge >= 0.3 is 0 Å². The maximum absolute atomic E-state index is 13.2. The van der Waals surface area contributed by atoms with Gasteiger partial charge in [0.1, 0.15) is 11.3 Å². The zero-order chi connectivity index (χ0) is 18.8. The summed E-state index contributed by atoms with van der Waals surface area (Å²) in [6, 6.07) is 5.18. The molecule has 1 heterocycles. The molecular weight excluding hydrogens is 332 g/mol. The van der Waals surface area contributed by atoms with Gasteiger partial charge in [-0.2, -0.15) is 5.26 Å². The molecule has 1 aliphatic rings. The molecule has 0 N–H and O–H groups in total. The van der Waals surface area contributed by atoms with Crippen LogP contribution in [-0.2, 0) is 0 Å². The summed E-state index contributed by atoms with van der Waals surface area (Å²) in [5, 5.41) is 12.3. The lowest BCUT2D eigenvalue weighted by Gasteiger charge is -2.19. The van der Waals surface area contributed by atoms with Gasteiger partial charge < -0.3 is 4.74 Å². The van der Waals surface area contributed by atoms with Crippen LogP contribution in [0.3, 0.4) is 0 Å². The van der Waals surface area contributed by atoms with Crippen molar-refractivity contribution in [3.63, 3.8) is 0 Å². The Labute approximate surface area is 150 Å². The van der Waals surface area contributed by atoms with E-state index in [4.69, 9.17) is 10.00 Å². The third-order valence-corrected chi connectivity index (χ3v) is 4.32. The number of aromatic nitrogens is 2. The largest absolute Gasteiger partial charge is 0.492 e. The minimum absolute atomic E-state index is 0.0485. The van der Waals surface area contributed by atoms with Crippen molar-refractivity contribution >= 4 is 22.3 Å². The number of nitroso groups, excluding NO2 is 1. The van der Waals surface area contributed by atoms with Crippen molar-refractivity contribution in [1.82, 2.24) is 9.55 Å². The SMILES string of the molecule is COc1c(N=O)ccc2c(=O)n(C3=CCC(C#N)C=C3)c(C(C)C)nc12. The quantitative estimate of drug-likeness (QED) is 0.780. The van der Waals surface area contributed by atoms with Crippen molar-refractivity contribution in [2.75, 3.05) is 7.11 Å². The van der Waals surface area contributed by atoms with Crippen LogP contribution in [-0.4, -0.2) is 16.7 Å². The summed E-state index contributed by atoms with van der Waals surface area (Å²) in [5.41, 5.74) is 0.870. The van der Waals surface area contributed by atoms with Crippen molar-refractivity contribution in [3.8, 4) is 11.8 Å². The molecule has 1 aliphatic carbocycles. The number of nitriles is 1. The number of benzene rings is 1. The number of hydrogen-bond donors (Lipinski definition) is 0. The van der Waals surface area contributed by atoms with Crippen molar-refractivity contribution in [2.45, 2.75) is 26.2 Å². The van der Waals surface area contributed by atoms with Crippen molar-refractivity contribution in [1.29, 1.82) is 5.26 Å². The minimum Gasteiger partial charge on any atom is -0.492 e. The second-order valence-electron chi connectivity index (χ2n) is 6.33. The fraction of sp³-hybridized carbons (Fsp3) is 0.316. The van der Waals surface area contributed by atoms with E-state index in [1.165, 1.54) is 19.2 Å². The average molecular weight is 350 g/mol. The Hall–Kier alpha value is -3.27. The van der Waals surface area contributed by atoms with Gasteiger partial charge in [0.2, 0.25) is 0 Å². The summed E-state index contributed by atoms with van der Waals surface area (Å²) < 4.78 is 6.84. The molecule has 0 aliphatic heterocycles. The number of methoxy groups -OCH3 is 1. The average Bonchev–Trinajstić information content (AvgIpc) is 2.66. The van der Waals surface area contributed by atoms with Crippen molar-refractivity contribution < 1.29 is 4.74 Å². The molecule has 1 aromatic carbocycles. The number of hydrogen-bond acceptors (Lipinski definition) is 6. The summed E-state index contributed by atoms with van der Waals surface area (Å²) in [4.78, 5) is 28.8. The van der Waals surface area contributed by atoms with E-state index in [1.807, 2.05) is 19.9 Å². The van der Waals surface area contributed by atoms with Crippen LogP contribution in [0.5, 0.6) is 5.75 Å². The van der Waals surface area contributed by atoms with E-state index in [2.05, 4.69) is 16.2 Å². The molecule has 132 valence electrons. The van der Waals surface area contributed by atoms with E-state index in [9.17, 15) is 9.70 Å². The molecule has 0 fully saturated rings. The molecule has 1 aromatic heterocycles. The molecule has 1 unspecified atom stereocenters. The third-order valence-electron chi connectivity index (χ3n) is 4.32. The molecule has 0 saturated carbocycles. The highest BCUT2D eigenvalue weighted by Gasteiger charge is 2.21. The fourth-order valence-electron chi connectivity index (χ4n) is 3.01. The number of fused-ring (bicyclic) bond motifs is 1. The van der Waals surface area contributed by atoms with Crippen LogP contribution in [0.2, 0.25) is 0 Å². The van der Waals surface area contributed by atoms with Gasteiger partial charge in [-0.3, -0.25) is 9.36 Å². The van der Waals surface area contributed by atoms with Crippen LogP contribution < -0.4 is 10.3 Å². The third kappa shape index (κ3) is 2.80. The topological polar surface area (TPSA) is 97.3 Å². The van der Waals surface area contributed by atoms with Crippen LogP contribution in [0.25, 0.3) is 16.6 Å². The Morgan fingerprint density at radius 1 is 1.42 bits per heavy atom. The maximum atomic E-state index is 13.2. The van der Waals surface area contributed by atoms with Gasteiger partial charge in [-0.1, -0.05) is 26.0 Å². The van der Waals surface area contributed by atoms with Crippen molar-refractivity contribution in [3.05, 3.63) is 51.4 Å². The van der Waals surface area contributed by atoms with E-state index in [0.29, 0.717) is 28.8 Å². The van der Waals surface area contributed by atoms with Gasteiger partial charge in [-0.15, -0.1) is 4.91 Å². The summed E-state index contributed by atoms with van der Waals surface area (Å²) in [5.74, 6) is 0.510. The fourth-order valence-corrected chi connectivity index (χ4v) is 3.01. The number of ether oxygens (including phenoxy) is 1. The Morgan fingerprint density at radius 3 is 2.73 bits per heavy atom. The molecule has 7 nitrogen and oxygen atoms in total. The normalized spacial score (nSPS) is 16.4. The lowest BCUT2D eigenvalue weighted by Crippen LogP contribution is -2.26. The standard InChI is InChI=1S/C19H18N4O3/c1-11(2)18-21-16-14(8-9-15(22-25)17(16)26-3)19(24)23(18)13-6-4-12(10-20)5-7-13/h4,6-9,11-12H,5H2,1-3H3. The van der Waals surface area contributed by atoms with Gasteiger partial charge in [0.05, 0.1) is 24.5 Å². The van der Waals surface area contributed by atoms with Crippen LogP contribution in [0.1, 0.15) is 32.0 Å². The Bertz CT molecular complexity index is 1040. The predicted molar refractivity (Wildman–Crippen MR) is 99.2 cm³/mol. The molecule has 3 rings (SSSR count). The highest BCUT2D eigenvalue weighted by Crippen LogP contribution is 2.34. The van der Waals surface area contributed by atoms with E-state index in [1.54, 1.807) is 16.7 Å². The second-order valence-corrected chi connectivity index (χ2v) is 6.33. The smallest absolute Gasteiger partial charge is 0.266 e. The highest BCUT2D eigenvalue weighted by molar-refractivity contribution is 5.89. The Kier molecular flexibility index (Phi) is 4.67. The van der Waals surface area contributed by atoms with E-state index >= 15 is 0 Å². The van der Waals surface area contributed by atoms with Crippen LogP contribution in [0.15, 0.2) is 40.3 Å². The molecule has 26 heavy (non-hydrogen) atoms. The zero-order valence-corrected chi connectivity index (χ0v) is 14.8. The van der Waals surface area contributed by atoms with Gasteiger partial charge in [-0.05, 0) is 29.8 Å². The number of nitrogens with zero attached hydrogens (tertiary/aromatic N) is 4. The minimum atomic E-state index is -0.249. The number of rotatable bonds is 4. The lowest BCUT2D eigenvalue weighted by molar-refractivity contribution is 0.420. The van der Waals surface area contributed by atoms with Gasteiger partial charge in [0, 0.05) is 11.6 Å². The maximum Gasteiger partial charge on any atom is 0.266 e. The van der Waals surface area contributed by atoms with Gasteiger partial charge in [0.25, 0.3) is 5.56 Å². The van der Waals surface area contributed by atoms with Gasteiger partial charge in [-0.25, -0.2) is 4.98 Å². The Morgan fingerprint density at radius 2 is 2.19 bits per heavy atom. The van der Waals surface area contributed by atoms with Crippen molar-refractivity contribution in [2.24, 2.45) is 11.1 Å². The summed E-state index contributed by atoms with van der Waals surface area (Å²) in [6.07, 6.45) is 5.97. The molecule has 0 bridgehead atoms. The number of allylic oxidation sites excluding steroid dienone is 4. The molecule has 0 radical (unpaired) electrons. The lowest BCUT2D eigenvalue weighted by atomic mass is 10.0. The summed E-state index contributed by atoms with van der Waals surface area (Å²) >= 11 is 0. The Balaban J connectivity index is 2.33. The molecule has 7 heteroatoms. The molecule has 0 amide bonds. The van der Waals surface area contributed by atoms with Gasteiger partial charge in [0.15, 0.2) is 11.4 Å².